The quantitative estimate of drug-likeness (QED) is 0.645. The fourth-order valence-electron chi connectivity index (χ4n) is 1.22. The molecule has 0 radical (unpaired) electrons. The molecule has 0 fully saturated rings. The molecule has 1 heterocycles. The molecular weight excluding hydrogens is 224 g/mol. The van der Waals surface area contributed by atoms with Crippen LogP contribution in [-0.4, -0.2) is 36.8 Å². The van der Waals surface area contributed by atoms with Crippen molar-refractivity contribution in [2.24, 2.45) is 0 Å². The number of nitrogens with one attached hydrogen (secondary N) is 2. The lowest BCUT2D eigenvalue weighted by Gasteiger charge is -2.07. The van der Waals surface area contributed by atoms with E-state index in [2.05, 4.69) is 10.6 Å². The predicted molar refractivity (Wildman–Crippen MR) is 65.9 cm³/mol. The summed E-state index contributed by atoms with van der Waals surface area (Å²) in [5, 5.41) is 14.8. The number of amides is 1. The molecule has 0 saturated heterocycles. The standard InChI is InChI=1S/C11H18N2O2S/c1-8(14)7-12-5-6-13-11(15)10-4-3-9(2)16-10/h3-4,8,12,14H,5-7H2,1-2H3,(H,13,15). The predicted octanol–water partition coefficient (Wildman–Crippen LogP) is 0.757. The van der Waals surface area contributed by atoms with Crippen molar-refractivity contribution in [2.75, 3.05) is 19.6 Å². The summed E-state index contributed by atoms with van der Waals surface area (Å²) in [5.74, 6) is -0.0306. The Balaban J connectivity index is 2.16. The van der Waals surface area contributed by atoms with Gasteiger partial charge in [-0.25, -0.2) is 0 Å². The molecule has 1 rings (SSSR count). The molecule has 1 amide bonds. The molecule has 4 nitrogen and oxygen atoms in total. The fraction of sp³-hybridized carbons (Fsp3) is 0.545. The van der Waals surface area contributed by atoms with Crippen LogP contribution in [0.4, 0.5) is 0 Å². The highest BCUT2D eigenvalue weighted by Crippen LogP contribution is 2.14. The molecular formula is C11H18N2O2S. The second-order valence-electron chi connectivity index (χ2n) is 3.72. The third-order valence-electron chi connectivity index (χ3n) is 1.99. The molecule has 1 atom stereocenters. The molecule has 16 heavy (non-hydrogen) atoms. The van der Waals surface area contributed by atoms with E-state index in [0.717, 1.165) is 9.75 Å². The van der Waals surface area contributed by atoms with Gasteiger partial charge in [0.1, 0.15) is 0 Å². The van der Waals surface area contributed by atoms with Crippen LogP contribution >= 0.6 is 11.3 Å². The van der Waals surface area contributed by atoms with Crippen molar-refractivity contribution in [2.45, 2.75) is 20.0 Å². The number of aliphatic hydroxyl groups is 1. The van der Waals surface area contributed by atoms with Crippen LogP contribution in [0.25, 0.3) is 0 Å². The molecule has 0 saturated carbocycles. The third-order valence-corrected chi connectivity index (χ3v) is 2.99. The average Bonchev–Trinajstić information content (AvgIpc) is 2.63. The van der Waals surface area contributed by atoms with E-state index in [4.69, 9.17) is 5.11 Å². The topological polar surface area (TPSA) is 61.4 Å². The molecule has 1 aromatic heterocycles. The lowest BCUT2D eigenvalue weighted by Crippen LogP contribution is -2.34. The Morgan fingerprint density at radius 3 is 2.81 bits per heavy atom. The maximum atomic E-state index is 11.6. The normalized spacial score (nSPS) is 12.4. The van der Waals surface area contributed by atoms with Gasteiger partial charge in [0, 0.05) is 24.5 Å². The van der Waals surface area contributed by atoms with Gasteiger partial charge in [-0.05, 0) is 26.0 Å². The van der Waals surface area contributed by atoms with Crippen molar-refractivity contribution in [1.29, 1.82) is 0 Å². The van der Waals surface area contributed by atoms with Crippen LogP contribution in [0.1, 0.15) is 21.5 Å². The number of aryl methyl sites for hydroxylation is 1. The Kier molecular flexibility index (Phi) is 5.45. The van der Waals surface area contributed by atoms with E-state index in [1.165, 1.54) is 11.3 Å². The SMILES string of the molecule is Cc1ccc(C(=O)NCCNCC(C)O)s1. The van der Waals surface area contributed by atoms with E-state index in [1.807, 2.05) is 19.1 Å². The maximum absolute atomic E-state index is 11.6. The number of rotatable bonds is 6. The van der Waals surface area contributed by atoms with Crippen LogP contribution in [0.2, 0.25) is 0 Å². The first-order chi connectivity index (χ1) is 7.59. The summed E-state index contributed by atoms with van der Waals surface area (Å²) in [6, 6.07) is 3.77. The lowest BCUT2D eigenvalue weighted by molar-refractivity contribution is 0.0957. The largest absolute Gasteiger partial charge is 0.392 e. The maximum Gasteiger partial charge on any atom is 0.261 e. The van der Waals surface area contributed by atoms with Gasteiger partial charge in [-0.2, -0.15) is 0 Å². The van der Waals surface area contributed by atoms with Gasteiger partial charge in [0.15, 0.2) is 0 Å². The summed E-state index contributed by atoms with van der Waals surface area (Å²) in [6.45, 7) is 5.49. The summed E-state index contributed by atoms with van der Waals surface area (Å²) < 4.78 is 0. The van der Waals surface area contributed by atoms with E-state index in [1.54, 1.807) is 6.92 Å². The van der Waals surface area contributed by atoms with E-state index >= 15 is 0 Å². The van der Waals surface area contributed by atoms with Crippen molar-refractivity contribution in [3.8, 4) is 0 Å². The molecule has 90 valence electrons. The van der Waals surface area contributed by atoms with Crippen LogP contribution in [0.15, 0.2) is 12.1 Å². The summed E-state index contributed by atoms with van der Waals surface area (Å²) in [4.78, 5) is 13.5. The van der Waals surface area contributed by atoms with Crippen LogP contribution in [0.3, 0.4) is 0 Å². The minimum atomic E-state index is -0.351. The number of carbonyl (C=O) groups is 1. The zero-order chi connectivity index (χ0) is 12.0. The van der Waals surface area contributed by atoms with Gasteiger partial charge in [0.05, 0.1) is 11.0 Å². The Hall–Kier alpha value is -0.910. The Bertz CT molecular complexity index is 336. The van der Waals surface area contributed by atoms with Gasteiger partial charge in [-0.1, -0.05) is 0 Å². The van der Waals surface area contributed by atoms with Crippen molar-refractivity contribution >= 4 is 17.2 Å². The molecule has 0 spiro atoms. The van der Waals surface area contributed by atoms with Gasteiger partial charge >= 0.3 is 0 Å². The Labute approximate surface area is 99.7 Å². The molecule has 0 aliphatic heterocycles. The van der Waals surface area contributed by atoms with Crippen molar-refractivity contribution in [3.63, 3.8) is 0 Å². The number of aliphatic hydroxyl groups excluding tert-OH is 1. The number of thiophene rings is 1. The third kappa shape index (κ3) is 4.74. The summed E-state index contributed by atoms with van der Waals surface area (Å²) in [7, 11) is 0. The summed E-state index contributed by atoms with van der Waals surface area (Å²) in [6.07, 6.45) is -0.351. The first-order valence-corrected chi connectivity index (χ1v) is 6.14. The summed E-state index contributed by atoms with van der Waals surface area (Å²) in [5.41, 5.74) is 0. The van der Waals surface area contributed by atoms with E-state index in [-0.39, 0.29) is 12.0 Å². The van der Waals surface area contributed by atoms with Crippen LogP contribution in [0.5, 0.6) is 0 Å². The molecule has 5 heteroatoms. The first-order valence-electron chi connectivity index (χ1n) is 5.33. The number of carbonyl (C=O) groups excluding carboxylic acids is 1. The molecule has 0 bridgehead atoms. The number of hydrogen-bond donors (Lipinski definition) is 3. The smallest absolute Gasteiger partial charge is 0.261 e. The van der Waals surface area contributed by atoms with Crippen molar-refractivity contribution in [3.05, 3.63) is 21.9 Å². The van der Waals surface area contributed by atoms with E-state index in [0.29, 0.717) is 19.6 Å². The number of hydrogen-bond acceptors (Lipinski definition) is 4. The van der Waals surface area contributed by atoms with E-state index < -0.39 is 0 Å². The molecule has 3 N–H and O–H groups in total. The van der Waals surface area contributed by atoms with Gasteiger partial charge in [-0.15, -0.1) is 11.3 Å². The molecule has 1 aromatic rings. The minimum absolute atomic E-state index is 0.0306. The van der Waals surface area contributed by atoms with Gasteiger partial charge in [0.2, 0.25) is 0 Å². The van der Waals surface area contributed by atoms with Gasteiger partial charge in [0.25, 0.3) is 5.91 Å². The molecule has 0 aromatic carbocycles. The van der Waals surface area contributed by atoms with Crippen molar-refractivity contribution in [1.82, 2.24) is 10.6 Å². The highest BCUT2D eigenvalue weighted by molar-refractivity contribution is 7.13. The highest BCUT2D eigenvalue weighted by Gasteiger charge is 2.06. The van der Waals surface area contributed by atoms with Crippen LogP contribution in [0, 0.1) is 6.92 Å². The molecule has 0 aliphatic rings. The average molecular weight is 242 g/mol. The minimum Gasteiger partial charge on any atom is -0.392 e. The summed E-state index contributed by atoms with van der Waals surface area (Å²) >= 11 is 1.49. The molecule has 1 unspecified atom stereocenters. The molecule has 0 aliphatic carbocycles. The van der Waals surface area contributed by atoms with Crippen molar-refractivity contribution < 1.29 is 9.90 Å². The fourth-order valence-corrected chi connectivity index (χ4v) is 2.00. The van der Waals surface area contributed by atoms with Crippen LogP contribution < -0.4 is 10.6 Å². The van der Waals surface area contributed by atoms with E-state index in [9.17, 15) is 4.79 Å². The second-order valence-corrected chi connectivity index (χ2v) is 5.01. The van der Waals surface area contributed by atoms with Gasteiger partial charge < -0.3 is 15.7 Å². The van der Waals surface area contributed by atoms with Gasteiger partial charge in [-0.3, -0.25) is 4.79 Å². The zero-order valence-electron chi connectivity index (χ0n) is 9.62. The Morgan fingerprint density at radius 1 is 1.50 bits per heavy atom. The monoisotopic (exact) mass is 242 g/mol. The first kappa shape index (κ1) is 13.2. The lowest BCUT2D eigenvalue weighted by atomic mass is 10.4. The zero-order valence-corrected chi connectivity index (χ0v) is 10.4. The Morgan fingerprint density at radius 2 is 2.25 bits per heavy atom. The second kappa shape index (κ2) is 6.62. The highest BCUT2D eigenvalue weighted by atomic mass is 32.1. The van der Waals surface area contributed by atoms with Crippen LogP contribution in [-0.2, 0) is 0 Å².